The SMILES string of the molecule is CC(C)(C)c1cc(-c2cc3cc(C(C)(C)C)ccc3[cH-]2)cc(C(C)(C)C)c1.CC(C)(C)c1cc(-c2cc3cc(C(C)(C)C)ccc3[cH-]2)cc(C(C)(C)C)c1.[Hf+4]. The van der Waals surface area contributed by atoms with Crippen molar-refractivity contribution in [1.29, 1.82) is 0 Å². The molecule has 1 heteroatoms. The third kappa shape index (κ3) is 10.7. The fraction of sp³-hybridized carbons (Fsp3) is 0.444. The number of benzene rings is 4. The maximum Gasteiger partial charge on any atom is 4.00 e. The van der Waals surface area contributed by atoms with Crippen molar-refractivity contribution in [2.45, 2.75) is 157 Å². The van der Waals surface area contributed by atoms with E-state index in [2.05, 4.69) is 222 Å². The van der Waals surface area contributed by atoms with E-state index < -0.39 is 0 Å². The molecule has 0 aliphatic rings. The summed E-state index contributed by atoms with van der Waals surface area (Å²) in [7, 11) is 0. The number of fused-ring (bicyclic) bond motifs is 2. The topological polar surface area (TPSA) is 0 Å². The zero-order chi connectivity index (χ0) is 40.4. The molecule has 0 aliphatic heterocycles. The van der Waals surface area contributed by atoms with E-state index in [1.165, 1.54) is 77.2 Å². The summed E-state index contributed by atoms with van der Waals surface area (Å²) < 4.78 is 0. The predicted molar refractivity (Wildman–Crippen MR) is 242 cm³/mol. The van der Waals surface area contributed by atoms with Crippen LogP contribution in [-0.4, -0.2) is 0 Å². The zero-order valence-electron chi connectivity index (χ0n) is 37.7. The van der Waals surface area contributed by atoms with Crippen molar-refractivity contribution in [3.05, 3.63) is 130 Å². The van der Waals surface area contributed by atoms with Crippen molar-refractivity contribution in [3.8, 4) is 22.3 Å². The van der Waals surface area contributed by atoms with Crippen LogP contribution in [0.4, 0.5) is 0 Å². The molecule has 6 aromatic rings. The molecule has 0 heterocycles. The Kier molecular flexibility index (Phi) is 12.5. The fourth-order valence-electron chi connectivity index (χ4n) is 7.00. The van der Waals surface area contributed by atoms with Crippen molar-refractivity contribution in [3.63, 3.8) is 0 Å². The standard InChI is InChI=1S/2C27H35.Hf/c2*1-25(2,3)22-11-10-18-12-19(13-20(18)14-22)21-15-23(26(4,5)6)17-24(16-21)27(7,8)9;/h2*10-17H,1-9H3;/q2*-1;+4. The van der Waals surface area contributed by atoms with Crippen LogP contribution in [0.25, 0.3) is 43.8 Å². The van der Waals surface area contributed by atoms with Crippen LogP contribution in [0.3, 0.4) is 0 Å². The van der Waals surface area contributed by atoms with Gasteiger partial charge in [-0.3, -0.25) is 0 Å². The van der Waals surface area contributed by atoms with E-state index in [-0.39, 0.29) is 58.3 Å². The zero-order valence-corrected chi connectivity index (χ0v) is 41.3. The second-order valence-electron chi connectivity index (χ2n) is 22.3. The minimum atomic E-state index is 0. The van der Waals surface area contributed by atoms with Crippen LogP contribution in [0, 0.1) is 0 Å². The quantitative estimate of drug-likeness (QED) is 0.120. The Bertz CT molecular complexity index is 2030. The molecule has 288 valence electrons. The molecule has 0 aromatic heterocycles. The fourth-order valence-corrected chi connectivity index (χ4v) is 7.00. The van der Waals surface area contributed by atoms with E-state index >= 15 is 0 Å². The molecule has 55 heavy (non-hydrogen) atoms. The number of rotatable bonds is 2. The van der Waals surface area contributed by atoms with E-state index in [1.54, 1.807) is 0 Å². The van der Waals surface area contributed by atoms with Gasteiger partial charge in [-0.25, -0.2) is 0 Å². The molecule has 6 rings (SSSR count). The normalized spacial score (nSPS) is 13.1. The Morgan fingerprint density at radius 3 is 0.782 bits per heavy atom. The summed E-state index contributed by atoms with van der Waals surface area (Å²) >= 11 is 0. The Morgan fingerprint density at radius 1 is 0.291 bits per heavy atom. The molecule has 0 amide bonds. The largest absolute Gasteiger partial charge is 4.00 e. The van der Waals surface area contributed by atoms with Gasteiger partial charge in [0, 0.05) is 0 Å². The van der Waals surface area contributed by atoms with Gasteiger partial charge in [-0.2, -0.15) is 0 Å². The van der Waals surface area contributed by atoms with Crippen LogP contribution < -0.4 is 0 Å². The maximum absolute atomic E-state index is 2.39. The van der Waals surface area contributed by atoms with Crippen LogP contribution >= 0.6 is 0 Å². The maximum atomic E-state index is 2.39. The smallest absolute Gasteiger partial charge is 0.145 e. The van der Waals surface area contributed by atoms with E-state index in [9.17, 15) is 0 Å². The van der Waals surface area contributed by atoms with Gasteiger partial charge in [-0.1, -0.05) is 208 Å². The van der Waals surface area contributed by atoms with Crippen molar-refractivity contribution in [2.75, 3.05) is 0 Å². The molecule has 0 unspecified atom stereocenters. The third-order valence-electron chi connectivity index (χ3n) is 11.1. The molecule has 0 radical (unpaired) electrons. The first-order valence-electron chi connectivity index (χ1n) is 20.2. The first-order chi connectivity index (χ1) is 24.5. The second kappa shape index (κ2) is 15.4. The van der Waals surface area contributed by atoms with E-state index in [0.717, 1.165) is 0 Å². The Hall–Kier alpha value is -3.03. The van der Waals surface area contributed by atoms with Crippen LogP contribution in [0.2, 0.25) is 0 Å². The number of hydrogen-bond donors (Lipinski definition) is 0. The summed E-state index contributed by atoms with van der Waals surface area (Å²) in [5.74, 6) is 0. The summed E-state index contributed by atoms with van der Waals surface area (Å²) in [5.41, 5.74) is 14.7. The summed E-state index contributed by atoms with van der Waals surface area (Å²) in [6.07, 6.45) is 0. The third-order valence-corrected chi connectivity index (χ3v) is 11.1. The monoisotopic (exact) mass is 898 g/mol. The van der Waals surface area contributed by atoms with Gasteiger partial charge in [-0.15, -0.1) is 69.1 Å². The molecule has 0 fully saturated rings. The molecule has 0 N–H and O–H groups in total. The van der Waals surface area contributed by atoms with E-state index in [4.69, 9.17) is 0 Å². The minimum absolute atomic E-state index is 0. The molecule has 0 saturated heterocycles. The predicted octanol–water partition coefficient (Wildman–Crippen LogP) is 16.2. The first kappa shape index (κ1) is 44.7. The van der Waals surface area contributed by atoms with Crippen molar-refractivity contribution >= 4 is 21.5 Å². The molecule has 0 aliphatic carbocycles. The van der Waals surface area contributed by atoms with Gasteiger partial charge in [0.2, 0.25) is 0 Å². The average Bonchev–Trinajstić information content (AvgIpc) is 3.66. The van der Waals surface area contributed by atoms with Gasteiger partial charge in [0.1, 0.15) is 0 Å². The number of hydrogen-bond acceptors (Lipinski definition) is 0. The first-order valence-corrected chi connectivity index (χ1v) is 20.2. The summed E-state index contributed by atoms with van der Waals surface area (Å²) in [4.78, 5) is 0. The molecule has 0 spiro atoms. The Morgan fingerprint density at radius 2 is 0.545 bits per heavy atom. The van der Waals surface area contributed by atoms with Gasteiger partial charge < -0.3 is 0 Å². The molecule has 0 atom stereocenters. The van der Waals surface area contributed by atoms with Gasteiger partial charge in [-0.05, 0) is 54.7 Å². The van der Waals surface area contributed by atoms with Crippen LogP contribution in [0.1, 0.15) is 158 Å². The second-order valence-corrected chi connectivity index (χ2v) is 22.3. The van der Waals surface area contributed by atoms with Crippen molar-refractivity contribution < 1.29 is 25.8 Å². The van der Waals surface area contributed by atoms with Gasteiger partial charge >= 0.3 is 25.8 Å². The molecule has 0 saturated carbocycles. The van der Waals surface area contributed by atoms with Gasteiger partial charge in [0.15, 0.2) is 0 Å². The van der Waals surface area contributed by atoms with Crippen LogP contribution in [0.15, 0.2) is 97.1 Å². The molecular weight excluding hydrogens is 827 g/mol. The average molecular weight is 898 g/mol. The van der Waals surface area contributed by atoms with Crippen LogP contribution in [-0.2, 0) is 58.3 Å². The van der Waals surface area contributed by atoms with Gasteiger partial charge in [0.25, 0.3) is 0 Å². The van der Waals surface area contributed by atoms with Crippen LogP contribution in [0.5, 0.6) is 0 Å². The van der Waals surface area contributed by atoms with Gasteiger partial charge in [0.05, 0.1) is 0 Å². The van der Waals surface area contributed by atoms with E-state index in [1.807, 2.05) is 0 Å². The van der Waals surface area contributed by atoms with E-state index in [0.29, 0.717) is 0 Å². The van der Waals surface area contributed by atoms with Crippen molar-refractivity contribution in [2.24, 2.45) is 0 Å². The Balaban J connectivity index is 0.000000240. The summed E-state index contributed by atoms with van der Waals surface area (Å²) in [6.45, 7) is 41.3. The molecule has 6 aromatic carbocycles. The molecule has 0 nitrogen and oxygen atoms in total. The molecular formula is C54H70Hf+2. The Labute approximate surface area is 355 Å². The molecule has 0 bridgehead atoms. The van der Waals surface area contributed by atoms with Crippen molar-refractivity contribution in [1.82, 2.24) is 0 Å². The minimum Gasteiger partial charge on any atom is -0.145 e. The summed E-state index contributed by atoms with van der Waals surface area (Å²) in [5, 5.41) is 5.35. The summed E-state index contributed by atoms with van der Waals surface area (Å²) in [6, 6.07) is 37.5.